The molecule has 3 nitrogen and oxygen atoms in total. The molecular formula is C16H20N2O. The molecule has 19 heavy (non-hydrogen) atoms. The first-order valence-electron chi connectivity index (χ1n) is 6.43. The standard InChI is InChI=1S/C16H20N2O/c1-12-10-15(13(2)18(12)4)16(19)17(3)11-14-8-6-5-7-9-14/h5-10H,11H2,1-4H3. The first-order chi connectivity index (χ1) is 9.00. The molecule has 0 bridgehead atoms. The van der Waals surface area contributed by atoms with Crippen LogP contribution in [0.1, 0.15) is 27.3 Å². The lowest BCUT2D eigenvalue weighted by Crippen LogP contribution is -2.26. The topological polar surface area (TPSA) is 25.2 Å². The SMILES string of the molecule is Cc1cc(C(=O)N(C)Cc2ccccc2)c(C)n1C. The van der Waals surface area contributed by atoms with E-state index in [4.69, 9.17) is 0 Å². The Labute approximate surface area is 114 Å². The van der Waals surface area contributed by atoms with Crippen LogP contribution >= 0.6 is 0 Å². The molecule has 1 aromatic heterocycles. The number of carbonyl (C=O) groups is 1. The van der Waals surface area contributed by atoms with Gasteiger partial charge in [-0.2, -0.15) is 0 Å². The van der Waals surface area contributed by atoms with Crippen LogP contribution in [0.4, 0.5) is 0 Å². The molecule has 1 aromatic carbocycles. The van der Waals surface area contributed by atoms with Crippen LogP contribution in [0.2, 0.25) is 0 Å². The van der Waals surface area contributed by atoms with E-state index < -0.39 is 0 Å². The van der Waals surface area contributed by atoms with Gasteiger partial charge in [0.2, 0.25) is 0 Å². The van der Waals surface area contributed by atoms with E-state index >= 15 is 0 Å². The van der Waals surface area contributed by atoms with Crippen molar-refractivity contribution in [3.05, 3.63) is 58.9 Å². The highest BCUT2D eigenvalue weighted by Crippen LogP contribution is 2.16. The molecule has 0 unspecified atom stereocenters. The van der Waals surface area contributed by atoms with E-state index in [2.05, 4.69) is 0 Å². The molecule has 0 aliphatic carbocycles. The molecule has 2 aromatic rings. The zero-order chi connectivity index (χ0) is 14.0. The Hall–Kier alpha value is -2.03. The van der Waals surface area contributed by atoms with Gasteiger partial charge in [-0.05, 0) is 25.5 Å². The zero-order valence-corrected chi connectivity index (χ0v) is 12.0. The molecule has 0 aliphatic rings. The van der Waals surface area contributed by atoms with E-state index in [1.54, 1.807) is 4.90 Å². The van der Waals surface area contributed by atoms with Crippen LogP contribution in [0.3, 0.4) is 0 Å². The highest BCUT2D eigenvalue weighted by molar-refractivity contribution is 5.95. The molecule has 0 radical (unpaired) electrons. The van der Waals surface area contributed by atoms with E-state index in [1.807, 2.05) is 68.9 Å². The molecule has 1 amide bonds. The van der Waals surface area contributed by atoms with E-state index in [9.17, 15) is 4.79 Å². The fourth-order valence-electron chi connectivity index (χ4n) is 2.21. The van der Waals surface area contributed by atoms with Gasteiger partial charge >= 0.3 is 0 Å². The van der Waals surface area contributed by atoms with Gasteiger partial charge in [0.1, 0.15) is 0 Å². The maximum atomic E-state index is 12.4. The van der Waals surface area contributed by atoms with E-state index in [0.29, 0.717) is 6.54 Å². The van der Waals surface area contributed by atoms with Crippen LogP contribution in [-0.2, 0) is 13.6 Å². The van der Waals surface area contributed by atoms with Crippen LogP contribution in [0.5, 0.6) is 0 Å². The maximum absolute atomic E-state index is 12.4. The predicted molar refractivity (Wildman–Crippen MR) is 77.1 cm³/mol. The van der Waals surface area contributed by atoms with Crippen molar-refractivity contribution < 1.29 is 4.79 Å². The molecule has 0 fully saturated rings. The lowest BCUT2D eigenvalue weighted by atomic mass is 10.2. The number of aryl methyl sites for hydroxylation is 1. The van der Waals surface area contributed by atoms with Gasteiger partial charge in [-0.25, -0.2) is 0 Å². The molecule has 3 heteroatoms. The van der Waals surface area contributed by atoms with Gasteiger partial charge in [-0.3, -0.25) is 4.79 Å². The van der Waals surface area contributed by atoms with Crippen molar-refractivity contribution in [1.82, 2.24) is 9.47 Å². The molecule has 0 atom stereocenters. The Kier molecular flexibility index (Phi) is 3.74. The maximum Gasteiger partial charge on any atom is 0.255 e. The van der Waals surface area contributed by atoms with Gasteiger partial charge in [0.05, 0.1) is 5.56 Å². The summed E-state index contributed by atoms with van der Waals surface area (Å²) in [6.07, 6.45) is 0. The van der Waals surface area contributed by atoms with Gasteiger partial charge in [-0.1, -0.05) is 30.3 Å². The van der Waals surface area contributed by atoms with Gasteiger partial charge in [0.25, 0.3) is 5.91 Å². The average Bonchev–Trinajstić information content (AvgIpc) is 2.67. The minimum Gasteiger partial charge on any atom is -0.351 e. The minimum atomic E-state index is 0.0741. The second-order valence-electron chi connectivity index (χ2n) is 4.99. The molecule has 0 N–H and O–H groups in total. The average molecular weight is 256 g/mol. The molecule has 1 heterocycles. The summed E-state index contributed by atoms with van der Waals surface area (Å²) in [4.78, 5) is 14.2. The van der Waals surface area contributed by atoms with Crippen molar-refractivity contribution >= 4 is 5.91 Å². The van der Waals surface area contributed by atoms with E-state index in [0.717, 1.165) is 22.5 Å². The number of aromatic nitrogens is 1. The summed E-state index contributed by atoms with van der Waals surface area (Å²) in [7, 11) is 3.83. The Morgan fingerprint density at radius 3 is 2.37 bits per heavy atom. The van der Waals surface area contributed by atoms with E-state index in [-0.39, 0.29) is 5.91 Å². The lowest BCUT2D eigenvalue weighted by Gasteiger charge is -2.17. The third kappa shape index (κ3) is 2.70. The third-order valence-electron chi connectivity index (χ3n) is 3.61. The lowest BCUT2D eigenvalue weighted by molar-refractivity contribution is 0.0784. The fourth-order valence-corrected chi connectivity index (χ4v) is 2.21. The van der Waals surface area contributed by atoms with E-state index in [1.165, 1.54) is 0 Å². The van der Waals surface area contributed by atoms with Gasteiger partial charge in [-0.15, -0.1) is 0 Å². The Bertz CT molecular complexity index is 584. The van der Waals surface area contributed by atoms with Gasteiger partial charge in [0.15, 0.2) is 0 Å². The number of rotatable bonds is 3. The quantitative estimate of drug-likeness (QED) is 0.829. The summed E-state index contributed by atoms with van der Waals surface area (Å²) in [6, 6.07) is 12.0. The normalized spacial score (nSPS) is 10.5. The van der Waals surface area contributed by atoms with Crippen LogP contribution < -0.4 is 0 Å². The predicted octanol–water partition coefficient (Wildman–Crippen LogP) is 2.91. The monoisotopic (exact) mass is 256 g/mol. The molecule has 0 saturated heterocycles. The van der Waals surface area contributed by atoms with Gasteiger partial charge < -0.3 is 9.47 Å². The second kappa shape index (κ2) is 5.31. The first-order valence-corrected chi connectivity index (χ1v) is 6.43. The van der Waals surface area contributed by atoms with Crippen molar-refractivity contribution in [2.45, 2.75) is 20.4 Å². The summed E-state index contributed by atoms with van der Waals surface area (Å²) in [5.74, 6) is 0.0741. The number of benzene rings is 1. The highest BCUT2D eigenvalue weighted by Gasteiger charge is 2.17. The summed E-state index contributed by atoms with van der Waals surface area (Å²) in [6.45, 7) is 4.63. The Morgan fingerprint density at radius 2 is 1.84 bits per heavy atom. The number of hydrogen-bond acceptors (Lipinski definition) is 1. The summed E-state index contributed by atoms with van der Waals surface area (Å²) in [5, 5.41) is 0. The smallest absolute Gasteiger partial charge is 0.255 e. The van der Waals surface area contributed by atoms with Crippen molar-refractivity contribution in [3.63, 3.8) is 0 Å². The van der Waals surface area contributed by atoms with Crippen LogP contribution in [-0.4, -0.2) is 22.4 Å². The van der Waals surface area contributed by atoms with Gasteiger partial charge in [0, 0.05) is 32.0 Å². The number of carbonyl (C=O) groups excluding carboxylic acids is 1. The second-order valence-corrected chi connectivity index (χ2v) is 4.99. The molecule has 100 valence electrons. The van der Waals surface area contributed by atoms with Crippen molar-refractivity contribution in [2.75, 3.05) is 7.05 Å². The molecule has 0 spiro atoms. The number of amides is 1. The summed E-state index contributed by atoms with van der Waals surface area (Å²) < 4.78 is 2.05. The van der Waals surface area contributed by atoms with Crippen molar-refractivity contribution in [2.24, 2.45) is 7.05 Å². The van der Waals surface area contributed by atoms with Crippen molar-refractivity contribution in [3.8, 4) is 0 Å². The largest absolute Gasteiger partial charge is 0.351 e. The number of hydrogen-bond donors (Lipinski definition) is 0. The van der Waals surface area contributed by atoms with Crippen LogP contribution in [0.25, 0.3) is 0 Å². The zero-order valence-electron chi connectivity index (χ0n) is 12.0. The van der Waals surface area contributed by atoms with Crippen LogP contribution in [0, 0.1) is 13.8 Å². The van der Waals surface area contributed by atoms with Crippen LogP contribution in [0.15, 0.2) is 36.4 Å². The third-order valence-corrected chi connectivity index (χ3v) is 3.61. The molecule has 0 saturated carbocycles. The molecular weight excluding hydrogens is 236 g/mol. The molecule has 2 rings (SSSR count). The van der Waals surface area contributed by atoms with Crippen molar-refractivity contribution in [1.29, 1.82) is 0 Å². The first kappa shape index (κ1) is 13.4. The minimum absolute atomic E-state index is 0.0741. The Morgan fingerprint density at radius 1 is 1.21 bits per heavy atom. The Balaban J connectivity index is 2.17. The highest BCUT2D eigenvalue weighted by atomic mass is 16.2. The summed E-state index contributed by atoms with van der Waals surface area (Å²) in [5.41, 5.74) is 4.05. The summed E-state index contributed by atoms with van der Waals surface area (Å²) >= 11 is 0. The molecule has 0 aliphatic heterocycles. The number of nitrogens with zero attached hydrogens (tertiary/aromatic N) is 2. The fraction of sp³-hybridized carbons (Fsp3) is 0.312.